The van der Waals surface area contributed by atoms with Crippen LogP contribution in [-0.4, -0.2) is 5.78 Å². The lowest BCUT2D eigenvalue weighted by molar-refractivity contribution is -0.683. The Hall–Kier alpha value is -2.52. The van der Waals surface area contributed by atoms with Crippen molar-refractivity contribution in [2.24, 2.45) is 0 Å². The van der Waals surface area contributed by atoms with Gasteiger partial charge in [0.25, 0.3) is 0 Å². The summed E-state index contributed by atoms with van der Waals surface area (Å²) < 4.78 is 1.91. The number of ketones is 1. The van der Waals surface area contributed by atoms with E-state index < -0.39 is 0 Å². The molecule has 0 aliphatic rings. The van der Waals surface area contributed by atoms with Crippen LogP contribution in [0.1, 0.15) is 34.0 Å². The predicted molar refractivity (Wildman–Crippen MR) is 102 cm³/mol. The largest absolute Gasteiger partial charge is 1.00 e. The molecule has 26 heavy (non-hydrogen) atoms. The molecule has 3 rings (SSSR count). The van der Waals surface area contributed by atoms with E-state index in [4.69, 9.17) is 0 Å². The molecule has 0 aliphatic heterocycles. The zero-order valence-corrected chi connectivity index (χ0v) is 16.4. The molecule has 0 bridgehead atoms. The molecule has 0 spiro atoms. The molecule has 0 atom stereocenters. The van der Waals surface area contributed by atoms with Gasteiger partial charge < -0.3 is 17.0 Å². The second-order valence-electron chi connectivity index (χ2n) is 6.02. The topological polar surface area (TPSA) is 20.9 Å². The van der Waals surface area contributed by atoms with Crippen LogP contribution in [0.3, 0.4) is 0 Å². The summed E-state index contributed by atoms with van der Waals surface area (Å²) in [6.45, 7) is 2.47. The SMILES string of the molecule is CCc1ccc(C(=O)C[n+]2ccc(C=Cc3ccccc3)cc2)cc1.[Br-]. The van der Waals surface area contributed by atoms with E-state index in [1.54, 1.807) is 0 Å². The standard InChI is InChI=1S/C23H22NO.BrH/c1-2-19-10-12-22(13-11-19)23(25)18-24-16-14-21(15-17-24)9-8-20-6-4-3-5-7-20;/h3-17H,2,18H2,1H3;1H/q+1;/p-1. The van der Waals surface area contributed by atoms with Gasteiger partial charge in [-0.3, -0.25) is 4.79 Å². The first-order chi connectivity index (χ1) is 12.2. The average molecular weight is 408 g/mol. The van der Waals surface area contributed by atoms with Gasteiger partial charge in [0, 0.05) is 17.7 Å². The van der Waals surface area contributed by atoms with Gasteiger partial charge in [0.15, 0.2) is 12.4 Å². The summed E-state index contributed by atoms with van der Waals surface area (Å²) >= 11 is 0. The minimum atomic E-state index is 0. The molecule has 0 amide bonds. The van der Waals surface area contributed by atoms with E-state index >= 15 is 0 Å². The Morgan fingerprint density at radius 3 is 2.00 bits per heavy atom. The second-order valence-corrected chi connectivity index (χ2v) is 6.02. The van der Waals surface area contributed by atoms with Gasteiger partial charge in [-0.2, -0.15) is 4.57 Å². The van der Waals surface area contributed by atoms with Crippen LogP contribution in [0.2, 0.25) is 0 Å². The Bertz CT molecular complexity index is 853. The number of carbonyl (C=O) groups excluding carboxylic acids is 1. The zero-order chi connectivity index (χ0) is 17.5. The molecular weight excluding hydrogens is 386 g/mol. The van der Waals surface area contributed by atoms with Gasteiger partial charge in [0.1, 0.15) is 0 Å². The van der Waals surface area contributed by atoms with Crippen LogP contribution in [0.5, 0.6) is 0 Å². The highest BCUT2D eigenvalue weighted by Crippen LogP contribution is 2.08. The van der Waals surface area contributed by atoms with Crippen LogP contribution in [0, 0.1) is 0 Å². The van der Waals surface area contributed by atoms with Crippen LogP contribution in [0.4, 0.5) is 0 Å². The summed E-state index contributed by atoms with van der Waals surface area (Å²) in [6, 6.07) is 22.1. The number of benzene rings is 2. The highest BCUT2D eigenvalue weighted by molar-refractivity contribution is 5.95. The van der Waals surface area contributed by atoms with Gasteiger partial charge in [-0.25, -0.2) is 0 Å². The molecule has 0 saturated heterocycles. The molecule has 3 aromatic rings. The number of halogens is 1. The molecule has 132 valence electrons. The smallest absolute Gasteiger partial charge is 0.227 e. The number of nitrogens with zero attached hydrogens (tertiary/aromatic N) is 1. The summed E-state index contributed by atoms with van der Waals surface area (Å²) in [4.78, 5) is 12.4. The molecule has 0 aliphatic carbocycles. The number of hydrogen-bond acceptors (Lipinski definition) is 1. The van der Waals surface area contributed by atoms with Crippen LogP contribution in [0.15, 0.2) is 79.1 Å². The number of Topliss-reactive ketones (excluding diaryl/α,β-unsaturated/α-hetero) is 1. The van der Waals surface area contributed by atoms with E-state index in [1.165, 1.54) is 11.1 Å². The normalized spacial score (nSPS) is 10.5. The van der Waals surface area contributed by atoms with E-state index in [0.717, 1.165) is 17.5 Å². The van der Waals surface area contributed by atoms with Crippen molar-refractivity contribution in [3.05, 3.63) is 101 Å². The summed E-state index contributed by atoms with van der Waals surface area (Å²) in [7, 11) is 0. The van der Waals surface area contributed by atoms with Crippen molar-refractivity contribution in [2.75, 3.05) is 0 Å². The third kappa shape index (κ3) is 5.50. The fourth-order valence-corrected chi connectivity index (χ4v) is 2.63. The minimum Gasteiger partial charge on any atom is -1.00 e. The third-order valence-electron chi connectivity index (χ3n) is 4.20. The Balaban J connectivity index is 0.00000243. The lowest BCUT2D eigenvalue weighted by Gasteiger charge is -2.01. The van der Waals surface area contributed by atoms with Crippen molar-refractivity contribution < 1.29 is 26.3 Å². The number of carbonyl (C=O) groups is 1. The Morgan fingerprint density at radius 1 is 0.846 bits per heavy atom. The minimum absolute atomic E-state index is 0. The molecule has 2 nitrogen and oxygen atoms in total. The molecule has 0 fully saturated rings. The van der Waals surface area contributed by atoms with Gasteiger partial charge in [-0.15, -0.1) is 0 Å². The molecule has 1 heterocycles. The fourth-order valence-electron chi connectivity index (χ4n) is 2.63. The lowest BCUT2D eigenvalue weighted by Crippen LogP contribution is -3.00. The van der Waals surface area contributed by atoms with Crippen molar-refractivity contribution in [3.8, 4) is 0 Å². The van der Waals surface area contributed by atoms with Crippen LogP contribution < -0.4 is 21.5 Å². The van der Waals surface area contributed by atoms with Crippen LogP contribution >= 0.6 is 0 Å². The fraction of sp³-hybridized carbons (Fsp3) is 0.130. The molecule has 3 heteroatoms. The summed E-state index contributed by atoms with van der Waals surface area (Å²) in [5.41, 5.74) is 4.29. The maximum atomic E-state index is 12.4. The van der Waals surface area contributed by atoms with Crippen LogP contribution in [0.25, 0.3) is 12.2 Å². The molecule has 0 radical (unpaired) electrons. The first-order valence-electron chi connectivity index (χ1n) is 8.59. The van der Waals surface area contributed by atoms with E-state index in [-0.39, 0.29) is 22.8 Å². The van der Waals surface area contributed by atoms with E-state index in [2.05, 4.69) is 31.2 Å². The van der Waals surface area contributed by atoms with E-state index in [1.807, 2.05) is 71.6 Å². The molecular formula is C23H22BrNO. The quantitative estimate of drug-likeness (QED) is 0.449. The first-order valence-corrected chi connectivity index (χ1v) is 8.59. The van der Waals surface area contributed by atoms with Gasteiger partial charge in [0.05, 0.1) is 0 Å². The highest BCUT2D eigenvalue weighted by atomic mass is 79.9. The lowest BCUT2D eigenvalue weighted by atomic mass is 10.1. The average Bonchev–Trinajstić information content (AvgIpc) is 2.68. The van der Waals surface area contributed by atoms with Gasteiger partial charge >= 0.3 is 0 Å². The third-order valence-corrected chi connectivity index (χ3v) is 4.20. The maximum Gasteiger partial charge on any atom is 0.227 e. The predicted octanol–water partition coefficient (Wildman–Crippen LogP) is 1.59. The number of hydrogen-bond donors (Lipinski definition) is 0. The zero-order valence-electron chi connectivity index (χ0n) is 14.8. The van der Waals surface area contributed by atoms with Gasteiger partial charge in [-0.1, -0.05) is 73.7 Å². The molecule has 1 aromatic heterocycles. The maximum absolute atomic E-state index is 12.4. The van der Waals surface area contributed by atoms with Crippen LogP contribution in [-0.2, 0) is 13.0 Å². The van der Waals surface area contributed by atoms with Crippen molar-refractivity contribution in [3.63, 3.8) is 0 Å². The number of aryl methyl sites for hydroxylation is 1. The summed E-state index contributed by atoms with van der Waals surface area (Å²) in [6.07, 6.45) is 9.04. The summed E-state index contributed by atoms with van der Waals surface area (Å²) in [5.74, 6) is 0.125. The monoisotopic (exact) mass is 407 g/mol. The van der Waals surface area contributed by atoms with Crippen molar-refractivity contribution in [1.29, 1.82) is 0 Å². The Kier molecular flexibility index (Phi) is 7.49. The molecule has 0 N–H and O–H groups in total. The number of rotatable bonds is 6. The Labute approximate surface area is 165 Å². The number of aromatic nitrogens is 1. The van der Waals surface area contributed by atoms with Crippen molar-refractivity contribution in [1.82, 2.24) is 0 Å². The molecule has 2 aromatic carbocycles. The van der Waals surface area contributed by atoms with Crippen molar-refractivity contribution >= 4 is 17.9 Å². The highest BCUT2D eigenvalue weighted by Gasteiger charge is 2.11. The first kappa shape index (κ1) is 19.8. The Morgan fingerprint density at radius 2 is 1.42 bits per heavy atom. The van der Waals surface area contributed by atoms with E-state index in [0.29, 0.717) is 6.54 Å². The second kappa shape index (κ2) is 9.83. The molecule has 0 saturated carbocycles. The summed E-state index contributed by atoms with van der Waals surface area (Å²) in [5, 5.41) is 0. The van der Waals surface area contributed by atoms with E-state index in [9.17, 15) is 4.79 Å². The van der Waals surface area contributed by atoms with Gasteiger partial charge in [0.2, 0.25) is 12.3 Å². The number of pyridine rings is 1. The molecule has 0 unspecified atom stereocenters. The van der Waals surface area contributed by atoms with Gasteiger partial charge in [-0.05, 0) is 23.1 Å². The van der Waals surface area contributed by atoms with Crippen molar-refractivity contribution in [2.45, 2.75) is 19.9 Å².